The van der Waals surface area contributed by atoms with Crippen LogP contribution in [0.3, 0.4) is 0 Å². The third kappa shape index (κ3) is 21.4. The molecule has 7 heteroatoms. The molecular formula is C29H49BrN2O4. The lowest BCUT2D eigenvalue weighted by Gasteiger charge is -2.10. The number of aromatic nitrogens is 1. The first-order chi connectivity index (χ1) is 17.1. The lowest BCUT2D eigenvalue weighted by atomic mass is 10.1. The standard InChI is InChI=1S/C29H48N2O4.BrH/c1-3-4-5-6-7-8-9-10-11-12-16-21-30-29(33)35-26-27(2)25-34-28(32)20-15-13-17-22-31-23-18-14-19-24-31;/h14,18-19,23-24H,2-13,15-17,20-22,25-26H2,1H3;1H. The van der Waals surface area contributed by atoms with E-state index in [1.165, 1.54) is 57.8 Å². The fraction of sp³-hybridized carbons (Fsp3) is 0.690. The molecule has 0 aliphatic rings. The van der Waals surface area contributed by atoms with Crippen LogP contribution in [0.1, 0.15) is 103 Å². The summed E-state index contributed by atoms with van der Waals surface area (Å²) >= 11 is 0. The van der Waals surface area contributed by atoms with E-state index in [9.17, 15) is 9.59 Å². The lowest BCUT2D eigenvalue weighted by molar-refractivity contribution is -0.697. The maximum atomic E-state index is 11.9. The van der Waals surface area contributed by atoms with Crippen molar-refractivity contribution in [3.63, 3.8) is 0 Å². The Bertz CT molecular complexity index is 685. The van der Waals surface area contributed by atoms with E-state index in [2.05, 4.69) is 23.4 Å². The smallest absolute Gasteiger partial charge is 0.407 e. The second-order valence-corrected chi connectivity index (χ2v) is 9.37. The Kier molecular flexibility index (Phi) is 23.5. The maximum Gasteiger partial charge on any atom is 0.407 e. The summed E-state index contributed by atoms with van der Waals surface area (Å²) in [5.41, 5.74) is 0.573. The monoisotopic (exact) mass is 568 g/mol. The van der Waals surface area contributed by atoms with Gasteiger partial charge in [0.2, 0.25) is 0 Å². The van der Waals surface area contributed by atoms with Crippen LogP contribution in [0.25, 0.3) is 0 Å². The molecule has 1 rings (SSSR count). The van der Waals surface area contributed by atoms with Gasteiger partial charge in [0.05, 0.1) is 0 Å². The highest BCUT2D eigenvalue weighted by atomic mass is 79.9. The summed E-state index contributed by atoms with van der Waals surface area (Å²) in [6.07, 6.45) is 20.9. The van der Waals surface area contributed by atoms with E-state index in [0.29, 0.717) is 18.5 Å². The molecule has 0 atom stereocenters. The van der Waals surface area contributed by atoms with Gasteiger partial charge in [0, 0.05) is 31.5 Å². The number of hydrogen-bond acceptors (Lipinski definition) is 4. The summed E-state index contributed by atoms with van der Waals surface area (Å²) in [5, 5.41) is 2.77. The van der Waals surface area contributed by atoms with Crippen molar-refractivity contribution in [3.8, 4) is 0 Å². The number of hydrogen-bond donors (Lipinski definition) is 1. The molecule has 0 bridgehead atoms. The van der Waals surface area contributed by atoms with Gasteiger partial charge in [-0.2, -0.15) is 0 Å². The quantitative estimate of drug-likeness (QED) is 0.100. The summed E-state index contributed by atoms with van der Waals surface area (Å²) in [4.78, 5) is 23.7. The Morgan fingerprint density at radius 3 is 1.94 bits per heavy atom. The first kappa shape index (κ1) is 34.1. The predicted molar refractivity (Wildman–Crippen MR) is 141 cm³/mol. The van der Waals surface area contributed by atoms with Gasteiger partial charge in [-0.3, -0.25) is 4.79 Å². The number of alkyl carbamates (subject to hydrolysis) is 1. The van der Waals surface area contributed by atoms with Crippen molar-refractivity contribution in [2.75, 3.05) is 19.8 Å². The molecule has 1 N–H and O–H groups in total. The number of esters is 1. The van der Waals surface area contributed by atoms with Gasteiger partial charge >= 0.3 is 12.1 Å². The van der Waals surface area contributed by atoms with Crippen LogP contribution in [0.5, 0.6) is 0 Å². The zero-order valence-electron chi connectivity index (χ0n) is 22.5. The Labute approximate surface area is 230 Å². The molecule has 0 aromatic carbocycles. The molecule has 206 valence electrons. The summed E-state index contributed by atoms with van der Waals surface area (Å²) in [7, 11) is 0. The van der Waals surface area contributed by atoms with E-state index in [1.54, 1.807) is 0 Å². The maximum absolute atomic E-state index is 11.9. The van der Waals surface area contributed by atoms with Crippen LogP contribution in [0.15, 0.2) is 42.7 Å². The number of amides is 1. The SMILES string of the molecule is C=C(COC(=O)CCCCC[n+]1ccccc1)COC(=O)NCCCCCCCCCCCCC.[Br-]. The molecule has 0 unspecified atom stereocenters. The normalized spacial score (nSPS) is 10.4. The number of ether oxygens (including phenoxy) is 2. The molecule has 0 spiro atoms. The number of carbonyl (C=O) groups excluding carboxylic acids is 2. The average molecular weight is 570 g/mol. The van der Waals surface area contributed by atoms with Gasteiger partial charge in [0.15, 0.2) is 12.4 Å². The first-order valence-corrected chi connectivity index (χ1v) is 13.8. The van der Waals surface area contributed by atoms with Gasteiger partial charge in [-0.1, -0.05) is 83.8 Å². The fourth-order valence-electron chi connectivity index (χ4n) is 3.82. The molecule has 1 aromatic rings. The Hall–Kier alpha value is -1.89. The third-order valence-electron chi connectivity index (χ3n) is 5.97. The van der Waals surface area contributed by atoms with Gasteiger partial charge in [0.25, 0.3) is 0 Å². The number of halogens is 1. The number of pyridine rings is 1. The van der Waals surface area contributed by atoms with Gasteiger partial charge in [-0.05, 0) is 24.8 Å². The van der Waals surface area contributed by atoms with Crippen LogP contribution < -0.4 is 26.9 Å². The van der Waals surface area contributed by atoms with Crippen LogP contribution in [0.2, 0.25) is 0 Å². The van der Waals surface area contributed by atoms with Crippen LogP contribution >= 0.6 is 0 Å². The molecule has 0 aliphatic carbocycles. The van der Waals surface area contributed by atoms with Crippen molar-refractivity contribution in [1.82, 2.24) is 5.32 Å². The number of rotatable bonds is 22. The molecule has 0 saturated heterocycles. The van der Waals surface area contributed by atoms with Gasteiger partial charge in [-0.25, -0.2) is 9.36 Å². The van der Waals surface area contributed by atoms with Crippen molar-refractivity contribution in [1.29, 1.82) is 0 Å². The van der Waals surface area contributed by atoms with Crippen molar-refractivity contribution >= 4 is 12.1 Å². The minimum Gasteiger partial charge on any atom is -1.00 e. The fourth-order valence-corrected chi connectivity index (χ4v) is 3.82. The molecule has 6 nitrogen and oxygen atoms in total. The van der Waals surface area contributed by atoms with Gasteiger partial charge in [0.1, 0.15) is 19.8 Å². The van der Waals surface area contributed by atoms with E-state index in [4.69, 9.17) is 9.47 Å². The molecule has 1 heterocycles. The third-order valence-corrected chi connectivity index (χ3v) is 5.97. The topological polar surface area (TPSA) is 68.5 Å². The van der Waals surface area contributed by atoms with E-state index in [0.717, 1.165) is 38.6 Å². The average Bonchev–Trinajstić information content (AvgIpc) is 2.87. The second-order valence-electron chi connectivity index (χ2n) is 9.37. The second kappa shape index (κ2) is 24.8. The minimum atomic E-state index is -0.444. The van der Waals surface area contributed by atoms with Crippen molar-refractivity contribution in [3.05, 3.63) is 42.7 Å². The van der Waals surface area contributed by atoms with E-state index < -0.39 is 6.09 Å². The highest BCUT2D eigenvalue weighted by molar-refractivity contribution is 5.69. The summed E-state index contributed by atoms with van der Waals surface area (Å²) < 4.78 is 12.5. The Balaban J connectivity index is 0.0000122. The van der Waals surface area contributed by atoms with Gasteiger partial charge < -0.3 is 31.8 Å². The number of aryl methyl sites for hydroxylation is 1. The van der Waals surface area contributed by atoms with Crippen LogP contribution in [-0.2, 0) is 20.8 Å². The van der Waals surface area contributed by atoms with Gasteiger partial charge in [-0.15, -0.1) is 0 Å². The van der Waals surface area contributed by atoms with Crippen LogP contribution in [-0.4, -0.2) is 31.8 Å². The van der Waals surface area contributed by atoms with Crippen molar-refractivity contribution < 1.29 is 40.6 Å². The lowest BCUT2D eigenvalue weighted by Crippen LogP contribution is -3.00. The summed E-state index contributed by atoms with van der Waals surface area (Å²) in [5.74, 6) is -0.237. The predicted octanol–water partition coefficient (Wildman–Crippen LogP) is 3.68. The highest BCUT2D eigenvalue weighted by Gasteiger charge is 2.07. The summed E-state index contributed by atoms with van der Waals surface area (Å²) in [6.45, 7) is 7.80. The molecule has 0 radical (unpaired) electrons. The van der Waals surface area contributed by atoms with E-state index in [-0.39, 0.29) is 36.2 Å². The van der Waals surface area contributed by atoms with Crippen molar-refractivity contribution in [2.24, 2.45) is 0 Å². The number of carbonyl (C=O) groups is 2. The van der Waals surface area contributed by atoms with E-state index >= 15 is 0 Å². The van der Waals surface area contributed by atoms with Crippen molar-refractivity contribution in [2.45, 2.75) is 110 Å². The zero-order chi connectivity index (χ0) is 25.4. The molecular weight excluding hydrogens is 520 g/mol. The zero-order valence-corrected chi connectivity index (χ0v) is 24.1. The molecule has 36 heavy (non-hydrogen) atoms. The largest absolute Gasteiger partial charge is 1.00 e. The minimum absolute atomic E-state index is 0. The van der Waals surface area contributed by atoms with Crippen LogP contribution in [0.4, 0.5) is 4.79 Å². The number of unbranched alkanes of at least 4 members (excludes halogenated alkanes) is 12. The first-order valence-electron chi connectivity index (χ1n) is 13.8. The highest BCUT2D eigenvalue weighted by Crippen LogP contribution is 2.11. The molecule has 1 amide bonds. The molecule has 1 aromatic heterocycles. The Morgan fingerprint density at radius 1 is 0.750 bits per heavy atom. The number of nitrogens with one attached hydrogen (secondary N) is 1. The van der Waals surface area contributed by atoms with E-state index in [1.807, 2.05) is 30.6 Å². The molecule has 0 saturated carbocycles. The Morgan fingerprint density at radius 2 is 1.31 bits per heavy atom. The molecule has 0 fully saturated rings. The summed E-state index contributed by atoms with van der Waals surface area (Å²) in [6, 6.07) is 6.02. The number of nitrogens with zero attached hydrogens (tertiary/aromatic N) is 1. The molecule has 0 aliphatic heterocycles. The van der Waals surface area contributed by atoms with Crippen LogP contribution in [0, 0.1) is 0 Å².